The van der Waals surface area contributed by atoms with Gasteiger partial charge in [-0.3, -0.25) is 9.69 Å². The van der Waals surface area contributed by atoms with Crippen molar-refractivity contribution >= 4 is 50.1 Å². The summed E-state index contributed by atoms with van der Waals surface area (Å²) in [6, 6.07) is 5.13. The minimum absolute atomic E-state index is 0.0235. The van der Waals surface area contributed by atoms with E-state index in [1.807, 2.05) is 18.2 Å². The molecule has 2 aliphatic rings. The number of nitrogens with zero attached hydrogens (tertiary/aromatic N) is 1. The summed E-state index contributed by atoms with van der Waals surface area (Å²) < 4.78 is 35.0. The summed E-state index contributed by atoms with van der Waals surface area (Å²) >= 11 is 6.54. The van der Waals surface area contributed by atoms with E-state index in [2.05, 4.69) is 6.92 Å². The highest BCUT2D eigenvalue weighted by Crippen LogP contribution is 2.37. The Morgan fingerprint density at radius 3 is 2.79 bits per heavy atom. The normalized spacial score (nSPS) is 22.9. The van der Waals surface area contributed by atoms with Gasteiger partial charge in [-0.15, -0.1) is 0 Å². The third-order valence-electron chi connectivity index (χ3n) is 4.64. The summed E-state index contributed by atoms with van der Waals surface area (Å²) in [6.07, 6.45) is 4.19. The van der Waals surface area contributed by atoms with Gasteiger partial charge in [0.05, 0.1) is 36.2 Å². The Hall–Kier alpha value is -1.58. The summed E-state index contributed by atoms with van der Waals surface area (Å²) in [6.45, 7) is 2.72. The van der Waals surface area contributed by atoms with Gasteiger partial charge in [0.1, 0.15) is 4.32 Å². The first-order valence-electron chi connectivity index (χ1n) is 9.13. The van der Waals surface area contributed by atoms with Crippen molar-refractivity contribution in [2.75, 3.05) is 25.2 Å². The Kier molecular flexibility index (Phi) is 6.67. The first kappa shape index (κ1) is 21.1. The molecule has 0 saturated carbocycles. The van der Waals surface area contributed by atoms with Gasteiger partial charge in [-0.25, -0.2) is 8.42 Å². The highest BCUT2D eigenvalue weighted by atomic mass is 32.2. The molecule has 2 fully saturated rings. The van der Waals surface area contributed by atoms with Gasteiger partial charge in [0.15, 0.2) is 21.3 Å². The second kappa shape index (κ2) is 8.84. The van der Waals surface area contributed by atoms with Gasteiger partial charge in [0.2, 0.25) is 0 Å². The molecule has 1 amide bonds. The van der Waals surface area contributed by atoms with E-state index in [1.54, 1.807) is 13.2 Å². The molecule has 2 saturated heterocycles. The van der Waals surface area contributed by atoms with Gasteiger partial charge in [-0.05, 0) is 36.6 Å². The lowest BCUT2D eigenvalue weighted by molar-refractivity contribution is -0.123. The Bertz CT molecular complexity index is 910. The number of methoxy groups -OCH3 is 1. The number of thioether (sulfide) groups is 1. The third-order valence-corrected chi connectivity index (χ3v) is 7.72. The fraction of sp³-hybridized carbons (Fsp3) is 0.474. The van der Waals surface area contributed by atoms with E-state index >= 15 is 0 Å². The molecule has 152 valence electrons. The molecule has 0 N–H and O–H groups in total. The zero-order valence-corrected chi connectivity index (χ0v) is 18.3. The van der Waals surface area contributed by atoms with Crippen LogP contribution in [-0.2, 0) is 14.6 Å². The van der Waals surface area contributed by atoms with E-state index in [9.17, 15) is 13.2 Å². The fourth-order valence-electron chi connectivity index (χ4n) is 3.14. The summed E-state index contributed by atoms with van der Waals surface area (Å²) in [4.78, 5) is 14.7. The molecule has 2 aliphatic heterocycles. The zero-order chi connectivity index (χ0) is 20.3. The number of hydrogen-bond acceptors (Lipinski definition) is 7. The van der Waals surface area contributed by atoms with Crippen LogP contribution < -0.4 is 9.47 Å². The molecule has 1 aromatic carbocycles. The van der Waals surface area contributed by atoms with E-state index < -0.39 is 9.84 Å². The van der Waals surface area contributed by atoms with E-state index in [4.69, 9.17) is 21.7 Å². The SMILES string of the molecule is CCCCOc1ccc(/C=C2\SC(=S)N([C@@H]3CCS(=O)(=O)C3)C2=O)cc1OC. The summed E-state index contributed by atoms with van der Waals surface area (Å²) in [7, 11) is -1.52. The smallest absolute Gasteiger partial charge is 0.266 e. The van der Waals surface area contributed by atoms with Crippen molar-refractivity contribution in [1.82, 2.24) is 4.90 Å². The molecular formula is C19H23NO5S3. The molecule has 1 aromatic rings. The number of rotatable bonds is 7. The van der Waals surface area contributed by atoms with Crippen molar-refractivity contribution in [2.24, 2.45) is 0 Å². The van der Waals surface area contributed by atoms with Crippen LogP contribution in [0.2, 0.25) is 0 Å². The molecule has 0 bridgehead atoms. The maximum atomic E-state index is 12.8. The Morgan fingerprint density at radius 2 is 2.14 bits per heavy atom. The van der Waals surface area contributed by atoms with Crippen LogP contribution in [0, 0.1) is 0 Å². The quantitative estimate of drug-likeness (QED) is 0.365. The summed E-state index contributed by atoms with van der Waals surface area (Å²) in [5.74, 6) is 1.10. The standard InChI is InChI=1S/C19H23NO5S3/c1-3-4-8-25-15-6-5-13(10-16(15)24-2)11-17-18(21)20(19(26)27-17)14-7-9-28(22,23)12-14/h5-6,10-11,14H,3-4,7-9,12H2,1-2H3/b17-11-/t14-/m1/s1. The molecule has 0 spiro atoms. The number of ether oxygens (including phenoxy) is 2. The largest absolute Gasteiger partial charge is 0.493 e. The van der Waals surface area contributed by atoms with Crippen LogP contribution in [0.5, 0.6) is 11.5 Å². The first-order chi connectivity index (χ1) is 13.3. The van der Waals surface area contributed by atoms with E-state index in [-0.39, 0.29) is 23.5 Å². The molecule has 3 rings (SSSR count). The van der Waals surface area contributed by atoms with Crippen LogP contribution in [0.15, 0.2) is 23.1 Å². The predicted molar refractivity (Wildman–Crippen MR) is 115 cm³/mol. The summed E-state index contributed by atoms with van der Waals surface area (Å²) in [5.41, 5.74) is 0.791. The van der Waals surface area contributed by atoms with Crippen LogP contribution in [0.1, 0.15) is 31.7 Å². The highest BCUT2D eigenvalue weighted by Gasteiger charge is 2.42. The van der Waals surface area contributed by atoms with E-state index in [0.717, 1.165) is 18.4 Å². The van der Waals surface area contributed by atoms with Crippen molar-refractivity contribution in [3.63, 3.8) is 0 Å². The van der Waals surface area contributed by atoms with Crippen molar-refractivity contribution in [1.29, 1.82) is 0 Å². The Morgan fingerprint density at radius 1 is 1.36 bits per heavy atom. The molecular weight excluding hydrogens is 418 g/mol. The molecule has 2 heterocycles. The number of hydrogen-bond donors (Lipinski definition) is 0. The highest BCUT2D eigenvalue weighted by molar-refractivity contribution is 8.26. The summed E-state index contributed by atoms with van der Waals surface area (Å²) in [5, 5.41) is 0. The van der Waals surface area contributed by atoms with Gasteiger partial charge < -0.3 is 9.47 Å². The molecule has 0 unspecified atom stereocenters. The van der Waals surface area contributed by atoms with Gasteiger partial charge in [0.25, 0.3) is 5.91 Å². The van der Waals surface area contributed by atoms with Crippen LogP contribution in [0.25, 0.3) is 6.08 Å². The van der Waals surface area contributed by atoms with Crippen LogP contribution in [-0.4, -0.2) is 54.8 Å². The number of amides is 1. The monoisotopic (exact) mass is 441 g/mol. The first-order valence-corrected chi connectivity index (χ1v) is 12.2. The lowest BCUT2D eigenvalue weighted by Gasteiger charge is -2.20. The van der Waals surface area contributed by atoms with E-state index in [0.29, 0.717) is 33.8 Å². The lowest BCUT2D eigenvalue weighted by Crippen LogP contribution is -2.39. The minimum Gasteiger partial charge on any atom is -0.493 e. The molecule has 0 aromatic heterocycles. The molecule has 6 nitrogen and oxygen atoms in total. The number of carbonyl (C=O) groups excluding carboxylic acids is 1. The average molecular weight is 442 g/mol. The topological polar surface area (TPSA) is 72.9 Å². The van der Waals surface area contributed by atoms with Crippen LogP contribution in [0.4, 0.5) is 0 Å². The Balaban J connectivity index is 1.78. The average Bonchev–Trinajstić information content (AvgIpc) is 3.14. The van der Waals surface area contributed by atoms with Gasteiger partial charge in [0, 0.05) is 0 Å². The van der Waals surface area contributed by atoms with Crippen molar-refractivity contribution in [2.45, 2.75) is 32.2 Å². The van der Waals surface area contributed by atoms with Crippen LogP contribution >= 0.6 is 24.0 Å². The third kappa shape index (κ3) is 4.69. The maximum absolute atomic E-state index is 12.8. The number of benzene rings is 1. The molecule has 0 radical (unpaired) electrons. The molecule has 9 heteroatoms. The lowest BCUT2D eigenvalue weighted by atomic mass is 10.1. The molecule has 1 atom stereocenters. The second-order valence-corrected chi connectivity index (χ2v) is 10.6. The Labute approximate surface area is 175 Å². The zero-order valence-electron chi connectivity index (χ0n) is 15.8. The number of carbonyl (C=O) groups is 1. The van der Waals surface area contributed by atoms with Gasteiger partial charge >= 0.3 is 0 Å². The van der Waals surface area contributed by atoms with Crippen molar-refractivity contribution in [3.8, 4) is 11.5 Å². The number of unbranched alkanes of at least 4 members (excludes halogenated alkanes) is 1. The van der Waals surface area contributed by atoms with Crippen molar-refractivity contribution < 1.29 is 22.7 Å². The number of thiocarbonyl (C=S) groups is 1. The van der Waals surface area contributed by atoms with Gasteiger partial charge in [-0.2, -0.15) is 0 Å². The predicted octanol–water partition coefficient (Wildman–Crippen LogP) is 3.26. The molecule has 0 aliphatic carbocycles. The van der Waals surface area contributed by atoms with Crippen molar-refractivity contribution in [3.05, 3.63) is 28.7 Å². The maximum Gasteiger partial charge on any atom is 0.266 e. The van der Waals surface area contributed by atoms with E-state index in [1.165, 1.54) is 16.7 Å². The minimum atomic E-state index is -3.09. The van der Waals surface area contributed by atoms with Crippen LogP contribution in [0.3, 0.4) is 0 Å². The van der Waals surface area contributed by atoms with Gasteiger partial charge in [-0.1, -0.05) is 43.4 Å². The fourth-order valence-corrected chi connectivity index (χ4v) is 6.24. The number of sulfone groups is 1. The molecule has 28 heavy (non-hydrogen) atoms. The second-order valence-electron chi connectivity index (χ2n) is 6.72.